The minimum atomic E-state index is -4.82. The van der Waals surface area contributed by atoms with Crippen LogP contribution in [0.4, 0.5) is 33.7 Å². The number of halogens is 6. The number of alkyl halides is 3. The van der Waals surface area contributed by atoms with Crippen molar-refractivity contribution < 1.29 is 41.6 Å². The molecule has 4 rings (SSSR count). The van der Waals surface area contributed by atoms with Crippen molar-refractivity contribution in [3.63, 3.8) is 0 Å². The van der Waals surface area contributed by atoms with Crippen LogP contribution < -0.4 is 10.1 Å². The van der Waals surface area contributed by atoms with Crippen molar-refractivity contribution in [3.05, 3.63) is 96.1 Å². The fourth-order valence-electron chi connectivity index (χ4n) is 3.46. The molecule has 0 atom stereocenters. The number of carbonyl (C=O) groups is 3. The van der Waals surface area contributed by atoms with E-state index in [9.17, 15) is 42.1 Å². The predicted molar refractivity (Wildman–Crippen MR) is 145 cm³/mol. The second-order valence-electron chi connectivity index (χ2n) is 8.17. The molecule has 16 heteroatoms. The summed E-state index contributed by atoms with van der Waals surface area (Å²) in [6.07, 6.45) is -3.59. The van der Waals surface area contributed by atoms with Crippen LogP contribution in [-0.2, 0) is 15.8 Å². The normalized spacial score (nSPS) is 14.5. The molecule has 0 aromatic heterocycles. The molecule has 3 aromatic rings. The van der Waals surface area contributed by atoms with Crippen molar-refractivity contribution in [1.82, 2.24) is 4.90 Å². The molecule has 0 spiro atoms. The van der Waals surface area contributed by atoms with E-state index in [0.29, 0.717) is 33.3 Å². The van der Waals surface area contributed by atoms with Crippen LogP contribution in [0.5, 0.6) is 11.5 Å². The SMILES string of the molecule is O=C(CN1C(=O)S/C(=C/c2cc(Br)ccc2Oc2ccc(C(F)(F)F)cc2[N+](=O)[O-])C1=O)Nc1ccc(F)c(Cl)c1. The lowest BCUT2D eigenvalue weighted by atomic mass is 10.1. The molecule has 41 heavy (non-hydrogen) atoms. The van der Waals surface area contributed by atoms with E-state index in [1.54, 1.807) is 0 Å². The van der Waals surface area contributed by atoms with Gasteiger partial charge >= 0.3 is 11.9 Å². The number of hydrogen-bond acceptors (Lipinski definition) is 7. The average molecular weight is 675 g/mol. The van der Waals surface area contributed by atoms with Gasteiger partial charge in [-0.25, -0.2) is 4.39 Å². The Balaban J connectivity index is 1.58. The number of benzene rings is 3. The third-order valence-corrected chi connectivity index (χ3v) is 7.03. The fraction of sp³-hybridized carbons (Fsp3) is 0.0800. The highest BCUT2D eigenvalue weighted by atomic mass is 79.9. The Morgan fingerprint density at radius 2 is 1.83 bits per heavy atom. The van der Waals surface area contributed by atoms with Crippen molar-refractivity contribution in [2.45, 2.75) is 6.18 Å². The molecule has 0 bridgehead atoms. The van der Waals surface area contributed by atoms with E-state index in [2.05, 4.69) is 21.2 Å². The molecule has 1 aliphatic rings. The summed E-state index contributed by atoms with van der Waals surface area (Å²) in [4.78, 5) is 48.8. The molecule has 1 fully saturated rings. The Morgan fingerprint density at radius 1 is 1.12 bits per heavy atom. The van der Waals surface area contributed by atoms with Crippen LogP contribution in [0.3, 0.4) is 0 Å². The van der Waals surface area contributed by atoms with Gasteiger partial charge in [0.15, 0.2) is 0 Å². The molecular formula is C25H13BrClF4N3O6S. The summed E-state index contributed by atoms with van der Waals surface area (Å²) in [5.41, 5.74) is -1.91. The van der Waals surface area contributed by atoms with Gasteiger partial charge in [0.25, 0.3) is 11.1 Å². The van der Waals surface area contributed by atoms with Crippen molar-refractivity contribution >= 4 is 73.8 Å². The van der Waals surface area contributed by atoms with Gasteiger partial charge in [0.1, 0.15) is 18.1 Å². The van der Waals surface area contributed by atoms with Gasteiger partial charge in [0.2, 0.25) is 11.7 Å². The molecule has 1 aliphatic heterocycles. The number of rotatable bonds is 7. The molecular weight excluding hydrogens is 662 g/mol. The maximum atomic E-state index is 13.3. The van der Waals surface area contributed by atoms with Gasteiger partial charge < -0.3 is 10.1 Å². The number of anilines is 1. The number of nitro benzene ring substituents is 1. The van der Waals surface area contributed by atoms with E-state index in [4.69, 9.17) is 16.3 Å². The molecule has 3 aromatic carbocycles. The number of carbonyl (C=O) groups excluding carboxylic acids is 3. The number of imide groups is 1. The minimum absolute atomic E-state index is 0.0752. The maximum absolute atomic E-state index is 13.3. The second kappa shape index (κ2) is 11.9. The molecule has 3 amide bonds. The van der Waals surface area contributed by atoms with Gasteiger partial charge in [-0.3, -0.25) is 29.4 Å². The third kappa shape index (κ3) is 7.04. The summed E-state index contributed by atoms with van der Waals surface area (Å²) in [7, 11) is 0. The summed E-state index contributed by atoms with van der Waals surface area (Å²) >= 11 is 9.43. The standard InChI is InChI=1S/C25H13BrClF4N3O6S/c26-14-2-6-19(40-20-5-1-13(25(29,30)31)9-18(20)34(38)39)12(7-14)8-21-23(36)33(24(37)41-21)11-22(35)32-15-3-4-17(28)16(27)10-15/h1-10H,11H2,(H,32,35)/b21-8+. The number of nitro groups is 1. The molecule has 1 heterocycles. The summed E-state index contributed by atoms with van der Waals surface area (Å²) < 4.78 is 58.6. The van der Waals surface area contributed by atoms with Crippen LogP contribution in [0.25, 0.3) is 6.08 Å². The van der Waals surface area contributed by atoms with Gasteiger partial charge in [0.05, 0.1) is 20.4 Å². The summed E-state index contributed by atoms with van der Waals surface area (Å²) in [5, 5.41) is 12.8. The molecule has 0 aliphatic carbocycles. The highest BCUT2D eigenvalue weighted by Gasteiger charge is 2.37. The summed E-state index contributed by atoms with van der Waals surface area (Å²) in [6.45, 7) is -0.670. The number of nitrogens with zero attached hydrogens (tertiary/aromatic N) is 2. The van der Waals surface area contributed by atoms with E-state index in [0.717, 1.165) is 18.2 Å². The highest BCUT2D eigenvalue weighted by Crippen LogP contribution is 2.40. The Labute approximate surface area is 245 Å². The maximum Gasteiger partial charge on any atom is 0.416 e. The molecule has 0 saturated carbocycles. The molecule has 0 unspecified atom stereocenters. The van der Waals surface area contributed by atoms with Crippen LogP contribution in [0.2, 0.25) is 5.02 Å². The minimum Gasteiger partial charge on any atom is -0.449 e. The molecule has 1 N–H and O–H groups in total. The largest absolute Gasteiger partial charge is 0.449 e. The zero-order chi connectivity index (χ0) is 30.1. The number of hydrogen-bond donors (Lipinski definition) is 1. The monoisotopic (exact) mass is 673 g/mol. The van der Waals surface area contributed by atoms with Crippen LogP contribution in [0.15, 0.2) is 64.0 Å². The molecule has 0 radical (unpaired) electrons. The lowest BCUT2D eigenvalue weighted by Crippen LogP contribution is -2.36. The summed E-state index contributed by atoms with van der Waals surface area (Å²) in [5.74, 6) is -2.87. The predicted octanol–water partition coefficient (Wildman–Crippen LogP) is 7.64. The van der Waals surface area contributed by atoms with Crippen LogP contribution >= 0.6 is 39.3 Å². The number of ether oxygens (including phenoxy) is 1. The van der Waals surface area contributed by atoms with Crippen molar-refractivity contribution in [3.8, 4) is 11.5 Å². The van der Waals surface area contributed by atoms with E-state index in [1.807, 2.05) is 0 Å². The zero-order valence-electron chi connectivity index (χ0n) is 20.0. The van der Waals surface area contributed by atoms with E-state index < -0.39 is 57.5 Å². The average Bonchev–Trinajstić information content (AvgIpc) is 3.14. The quantitative estimate of drug-likeness (QED) is 0.118. The van der Waals surface area contributed by atoms with Crippen LogP contribution in [0.1, 0.15) is 11.1 Å². The van der Waals surface area contributed by atoms with Gasteiger partial charge in [-0.05, 0) is 66.4 Å². The smallest absolute Gasteiger partial charge is 0.416 e. The van der Waals surface area contributed by atoms with Crippen LogP contribution in [-0.4, -0.2) is 33.4 Å². The Morgan fingerprint density at radius 3 is 2.49 bits per heavy atom. The molecule has 1 saturated heterocycles. The lowest BCUT2D eigenvalue weighted by Gasteiger charge is -2.13. The first kappa shape index (κ1) is 30.0. The van der Waals surface area contributed by atoms with Crippen molar-refractivity contribution in [2.75, 3.05) is 11.9 Å². The molecule has 212 valence electrons. The zero-order valence-corrected chi connectivity index (χ0v) is 23.2. The van der Waals surface area contributed by atoms with Crippen LogP contribution in [0, 0.1) is 15.9 Å². The Bertz CT molecular complexity index is 1640. The lowest BCUT2D eigenvalue weighted by molar-refractivity contribution is -0.385. The van der Waals surface area contributed by atoms with Crippen molar-refractivity contribution in [2.24, 2.45) is 0 Å². The van der Waals surface area contributed by atoms with Gasteiger partial charge in [-0.1, -0.05) is 27.5 Å². The van der Waals surface area contributed by atoms with E-state index >= 15 is 0 Å². The second-order valence-corrected chi connectivity index (χ2v) is 10.5. The van der Waals surface area contributed by atoms with Gasteiger partial charge in [0, 0.05) is 21.8 Å². The first-order valence-electron chi connectivity index (χ1n) is 11.1. The first-order valence-corrected chi connectivity index (χ1v) is 13.0. The topological polar surface area (TPSA) is 119 Å². The number of nitrogens with one attached hydrogen (secondary N) is 1. The third-order valence-electron chi connectivity index (χ3n) is 5.34. The summed E-state index contributed by atoms with van der Waals surface area (Å²) in [6, 6.07) is 9.46. The number of thioether (sulfide) groups is 1. The first-order chi connectivity index (χ1) is 19.2. The number of amides is 3. The van der Waals surface area contributed by atoms with E-state index in [-0.39, 0.29) is 26.9 Å². The fourth-order valence-corrected chi connectivity index (χ4v) is 4.85. The van der Waals surface area contributed by atoms with E-state index in [1.165, 1.54) is 30.3 Å². The van der Waals surface area contributed by atoms with Gasteiger partial charge in [-0.2, -0.15) is 13.2 Å². The van der Waals surface area contributed by atoms with Crippen molar-refractivity contribution in [1.29, 1.82) is 0 Å². The van der Waals surface area contributed by atoms with Gasteiger partial charge in [-0.15, -0.1) is 0 Å². The molecule has 9 nitrogen and oxygen atoms in total. The Kier molecular flexibility index (Phi) is 8.70. The Hall–Kier alpha value is -3.95. The highest BCUT2D eigenvalue weighted by molar-refractivity contribution is 9.10.